The van der Waals surface area contributed by atoms with Gasteiger partial charge in [0.1, 0.15) is 0 Å². The Balaban J connectivity index is 2.12. The fourth-order valence-electron chi connectivity index (χ4n) is 1.25. The zero-order valence-electron chi connectivity index (χ0n) is 9.40. The molecule has 0 saturated heterocycles. The third-order valence-corrected chi connectivity index (χ3v) is 2.23. The number of hydrogen-bond acceptors (Lipinski definition) is 4. The molecule has 0 saturated carbocycles. The van der Waals surface area contributed by atoms with Gasteiger partial charge in [-0.3, -0.25) is 4.68 Å². The van der Waals surface area contributed by atoms with E-state index in [0.717, 1.165) is 31.0 Å². The van der Waals surface area contributed by atoms with E-state index >= 15 is 0 Å². The molecule has 86 valence electrons. The molecular weight excluding hydrogens is 194 g/mol. The molecule has 0 aliphatic rings. The van der Waals surface area contributed by atoms with Crippen molar-refractivity contribution in [3.05, 3.63) is 11.9 Å². The average Bonchev–Trinajstić information content (AvgIpc) is 2.54. The summed E-state index contributed by atoms with van der Waals surface area (Å²) in [5.74, 6) is 0. The van der Waals surface area contributed by atoms with Crippen molar-refractivity contribution in [1.29, 1.82) is 0 Å². The number of aryl methyl sites for hydroxylation is 1. The van der Waals surface area contributed by atoms with Crippen LogP contribution in [0.1, 0.15) is 12.1 Å². The van der Waals surface area contributed by atoms with E-state index in [9.17, 15) is 0 Å². The van der Waals surface area contributed by atoms with E-state index in [0.29, 0.717) is 13.2 Å². The van der Waals surface area contributed by atoms with E-state index in [4.69, 9.17) is 15.2 Å². The van der Waals surface area contributed by atoms with Gasteiger partial charge in [0.05, 0.1) is 30.8 Å². The maximum atomic E-state index is 5.68. The van der Waals surface area contributed by atoms with Crippen molar-refractivity contribution in [2.75, 3.05) is 32.7 Å². The van der Waals surface area contributed by atoms with Gasteiger partial charge in [-0.15, -0.1) is 0 Å². The lowest BCUT2D eigenvalue weighted by atomic mass is 10.4. The molecule has 0 spiro atoms. The zero-order chi connectivity index (χ0) is 11.1. The summed E-state index contributed by atoms with van der Waals surface area (Å²) in [7, 11) is 1.67. The number of ether oxygens (including phenoxy) is 2. The highest BCUT2D eigenvalue weighted by Gasteiger charge is 2.01. The minimum Gasteiger partial charge on any atom is -0.396 e. The van der Waals surface area contributed by atoms with Gasteiger partial charge in [0, 0.05) is 20.3 Å². The number of methoxy groups -OCH3 is 1. The largest absolute Gasteiger partial charge is 0.396 e. The highest BCUT2D eigenvalue weighted by molar-refractivity contribution is 5.39. The van der Waals surface area contributed by atoms with Crippen molar-refractivity contribution < 1.29 is 9.47 Å². The maximum Gasteiger partial charge on any atom is 0.0730 e. The number of nitrogen functional groups attached to an aromatic ring is 1. The Labute approximate surface area is 90.2 Å². The molecule has 0 amide bonds. The van der Waals surface area contributed by atoms with Crippen molar-refractivity contribution in [2.24, 2.45) is 0 Å². The first-order valence-corrected chi connectivity index (χ1v) is 5.10. The van der Waals surface area contributed by atoms with Crippen molar-refractivity contribution in [2.45, 2.75) is 19.9 Å². The molecule has 1 heterocycles. The first kappa shape index (κ1) is 12.0. The van der Waals surface area contributed by atoms with E-state index in [1.54, 1.807) is 13.3 Å². The van der Waals surface area contributed by atoms with Gasteiger partial charge >= 0.3 is 0 Å². The van der Waals surface area contributed by atoms with E-state index in [1.165, 1.54) is 0 Å². The predicted molar refractivity (Wildman–Crippen MR) is 58.7 cm³/mol. The van der Waals surface area contributed by atoms with E-state index in [-0.39, 0.29) is 0 Å². The molecule has 0 bridgehead atoms. The fraction of sp³-hybridized carbons (Fsp3) is 0.700. The quantitative estimate of drug-likeness (QED) is 0.681. The molecule has 1 aromatic heterocycles. The number of rotatable bonds is 7. The first-order chi connectivity index (χ1) is 7.25. The smallest absolute Gasteiger partial charge is 0.0730 e. The second-order valence-electron chi connectivity index (χ2n) is 3.37. The molecule has 0 aliphatic carbocycles. The van der Waals surface area contributed by atoms with Crippen molar-refractivity contribution >= 4 is 5.69 Å². The van der Waals surface area contributed by atoms with Crippen LogP contribution in [0.3, 0.4) is 0 Å². The lowest BCUT2D eigenvalue weighted by Crippen LogP contribution is -2.08. The molecule has 0 aliphatic heterocycles. The van der Waals surface area contributed by atoms with Crippen LogP contribution in [-0.2, 0) is 16.0 Å². The third kappa shape index (κ3) is 3.89. The second kappa shape index (κ2) is 6.42. The van der Waals surface area contributed by atoms with Gasteiger partial charge in [0.15, 0.2) is 0 Å². The van der Waals surface area contributed by atoms with Crippen LogP contribution in [0.2, 0.25) is 0 Å². The number of anilines is 1. The molecule has 15 heavy (non-hydrogen) atoms. The minimum absolute atomic E-state index is 0.647. The van der Waals surface area contributed by atoms with Crippen LogP contribution in [0.25, 0.3) is 0 Å². The van der Waals surface area contributed by atoms with Gasteiger partial charge < -0.3 is 15.2 Å². The van der Waals surface area contributed by atoms with Gasteiger partial charge in [0.2, 0.25) is 0 Å². The Kier molecular flexibility index (Phi) is 5.14. The van der Waals surface area contributed by atoms with Crippen LogP contribution in [0, 0.1) is 6.92 Å². The molecule has 0 fully saturated rings. The van der Waals surface area contributed by atoms with Crippen LogP contribution in [0.15, 0.2) is 6.20 Å². The van der Waals surface area contributed by atoms with Gasteiger partial charge in [0.25, 0.3) is 0 Å². The van der Waals surface area contributed by atoms with Crippen LogP contribution < -0.4 is 5.73 Å². The molecule has 5 nitrogen and oxygen atoms in total. The number of aromatic nitrogens is 2. The highest BCUT2D eigenvalue weighted by atomic mass is 16.5. The van der Waals surface area contributed by atoms with Crippen molar-refractivity contribution in [3.63, 3.8) is 0 Å². The number of nitrogens with two attached hydrogens (primary N) is 1. The summed E-state index contributed by atoms with van der Waals surface area (Å²) in [6.45, 7) is 4.83. The molecule has 0 atom stereocenters. The summed E-state index contributed by atoms with van der Waals surface area (Å²) in [6.07, 6.45) is 2.62. The summed E-state index contributed by atoms with van der Waals surface area (Å²) in [6, 6.07) is 0. The summed E-state index contributed by atoms with van der Waals surface area (Å²) < 4.78 is 12.1. The van der Waals surface area contributed by atoms with Crippen LogP contribution in [0.4, 0.5) is 5.69 Å². The molecule has 1 rings (SSSR count). The first-order valence-electron chi connectivity index (χ1n) is 5.10. The average molecular weight is 213 g/mol. The lowest BCUT2D eigenvalue weighted by Gasteiger charge is -2.05. The Hall–Kier alpha value is -1.07. The standard InChI is InChI=1S/C10H19N3O2/c1-9-10(11)8-12-13(9)4-3-5-15-7-6-14-2/h8H,3-7,11H2,1-2H3. The topological polar surface area (TPSA) is 62.3 Å². The molecule has 5 heteroatoms. The van der Waals surface area contributed by atoms with E-state index < -0.39 is 0 Å². The minimum atomic E-state index is 0.647. The molecule has 1 aromatic rings. The summed E-state index contributed by atoms with van der Waals surface area (Å²) in [5.41, 5.74) is 7.45. The monoisotopic (exact) mass is 213 g/mol. The molecule has 0 aromatic carbocycles. The number of nitrogens with zero attached hydrogens (tertiary/aromatic N) is 2. The van der Waals surface area contributed by atoms with Gasteiger partial charge in [-0.1, -0.05) is 0 Å². The predicted octanol–water partition coefficient (Wildman–Crippen LogP) is 0.827. The van der Waals surface area contributed by atoms with Crippen molar-refractivity contribution in [3.8, 4) is 0 Å². The normalized spacial score (nSPS) is 10.8. The molecule has 2 N–H and O–H groups in total. The van der Waals surface area contributed by atoms with E-state index in [1.807, 2.05) is 11.6 Å². The Bertz CT molecular complexity index is 286. The van der Waals surface area contributed by atoms with Crippen molar-refractivity contribution in [1.82, 2.24) is 9.78 Å². The zero-order valence-corrected chi connectivity index (χ0v) is 9.40. The maximum absolute atomic E-state index is 5.68. The SMILES string of the molecule is COCCOCCCn1ncc(N)c1C. The molecule has 0 unspecified atom stereocenters. The Morgan fingerprint density at radius 1 is 1.40 bits per heavy atom. The van der Waals surface area contributed by atoms with Crippen LogP contribution in [-0.4, -0.2) is 36.7 Å². The summed E-state index contributed by atoms with van der Waals surface area (Å²) >= 11 is 0. The Morgan fingerprint density at radius 3 is 2.80 bits per heavy atom. The highest BCUT2D eigenvalue weighted by Crippen LogP contribution is 2.08. The second-order valence-corrected chi connectivity index (χ2v) is 3.37. The van der Waals surface area contributed by atoms with Crippen LogP contribution in [0.5, 0.6) is 0 Å². The molecule has 0 radical (unpaired) electrons. The summed E-state index contributed by atoms with van der Waals surface area (Å²) in [5, 5.41) is 4.16. The third-order valence-electron chi connectivity index (χ3n) is 2.23. The van der Waals surface area contributed by atoms with Crippen LogP contribution >= 0.6 is 0 Å². The fourth-order valence-corrected chi connectivity index (χ4v) is 1.25. The molecular formula is C10H19N3O2. The number of hydrogen-bond donors (Lipinski definition) is 1. The van der Waals surface area contributed by atoms with Gasteiger partial charge in [-0.05, 0) is 13.3 Å². The van der Waals surface area contributed by atoms with Gasteiger partial charge in [-0.2, -0.15) is 5.10 Å². The lowest BCUT2D eigenvalue weighted by molar-refractivity contribution is 0.0676. The Morgan fingerprint density at radius 2 is 2.20 bits per heavy atom. The van der Waals surface area contributed by atoms with Gasteiger partial charge in [-0.25, -0.2) is 0 Å². The van der Waals surface area contributed by atoms with E-state index in [2.05, 4.69) is 5.10 Å². The summed E-state index contributed by atoms with van der Waals surface area (Å²) in [4.78, 5) is 0.